The summed E-state index contributed by atoms with van der Waals surface area (Å²) in [5, 5.41) is 20.7. The van der Waals surface area contributed by atoms with Crippen molar-refractivity contribution in [1.29, 1.82) is 0 Å². The molecule has 0 spiro atoms. The van der Waals surface area contributed by atoms with E-state index in [2.05, 4.69) is 21.3 Å². The molecule has 0 radical (unpaired) electrons. The molecule has 9 N–H and O–H groups in total. The number of unbranched alkanes of at least 4 members (excludes halogenated alkanes) is 1. The van der Waals surface area contributed by atoms with Gasteiger partial charge in [0, 0.05) is 12.6 Å². The van der Waals surface area contributed by atoms with E-state index in [1.165, 1.54) is 0 Å². The summed E-state index contributed by atoms with van der Waals surface area (Å²) in [5.41, 5.74) is 10.9. The molecule has 0 fully saturated rings. The summed E-state index contributed by atoms with van der Waals surface area (Å²) in [4.78, 5) is 62.1. The molecule has 4 amide bonds. The SMILES string of the molecule is CC(C)CC(CN[C@@H](Cc1ccccc1)C(=O)N[C@@H](CC(N)=O)C(=O)O)NC(=O)[C@H](CCCCN)NC(=O)OC(C)(C)C. The molecule has 13 heteroatoms. The van der Waals surface area contributed by atoms with Crippen molar-refractivity contribution in [1.82, 2.24) is 21.3 Å². The Kier molecular flexibility index (Phi) is 16.3. The van der Waals surface area contributed by atoms with Crippen LogP contribution in [0, 0.1) is 5.92 Å². The summed E-state index contributed by atoms with van der Waals surface area (Å²) in [6.07, 6.45) is 1.18. The smallest absolute Gasteiger partial charge is 0.408 e. The average Bonchev–Trinajstić information content (AvgIpc) is 2.88. The van der Waals surface area contributed by atoms with Crippen LogP contribution in [0.2, 0.25) is 0 Å². The van der Waals surface area contributed by atoms with Gasteiger partial charge in [-0.1, -0.05) is 44.2 Å². The quantitative estimate of drug-likeness (QED) is 0.112. The third kappa shape index (κ3) is 16.5. The van der Waals surface area contributed by atoms with E-state index in [0.29, 0.717) is 32.2 Å². The largest absolute Gasteiger partial charge is 0.480 e. The van der Waals surface area contributed by atoms with Crippen LogP contribution in [0.25, 0.3) is 0 Å². The van der Waals surface area contributed by atoms with Crippen molar-refractivity contribution in [2.24, 2.45) is 17.4 Å². The van der Waals surface area contributed by atoms with Gasteiger partial charge in [0.15, 0.2) is 0 Å². The molecular formula is C30H50N6O7. The normalized spacial score (nSPS) is 14.2. The van der Waals surface area contributed by atoms with E-state index in [9.17, 15) is 29.1 Å². The van der Waals surface area contributed by atoms with Crippen LogP contribution in [-0.2, 0) is 30.3 Å². The molecule has 0 saturated carbocycles. The number of hydrogen-bond donors (Lipinski definition) is 7. The van der Waals surface area contributed by atoms with Gasteiger partial charge in [-0.25, -0.2) is 9.59 Å². The van der Waals surface area contributed by atoms with Gasteiger partial charge in [-0.3, -0.25) is 14.4 Å². The Balaban J connectivity index is 3.11. The number of carboxylic acids is 1. The van der Waals surface area contributed by atoms with Crippen molar-refractivity contribution in [3.05, 3.63) is 35.9 Å². The summed E-state index contributed by atoms with van der Waals surface area (Å²) in [7, 11) is 0. The summed E-state index contributed by atoms with van der Waals surface area (Å²) in [5.74, 6) is -3.09. The Morgan fingerprint density at radius 2 is 1.53 bits per heavy atom. The predicted molar refractivity (Wildman–Crippen MR) is 163 cm³/mol. The van der Waals surface area contributed by atoms with E-state index in [1.807, 2.05) is 44.2 Å². The molecule has 1 rings (SSSR count). The highest BCUT2D eigenvalue weighted by atomic mass is 16.6. The Bertz CT molecular complexity index is 1050. The fourth-order valence-electron chi connectivity index (χ4n) is 4.34. The average molecular weight is 607 g/mol. The van der Waals surface area contributed by atoms with Crippen LogP contribution in [0.1, 0.15) is 72.3 Å². The number of ether oxygens (including phenoxy) is 1. The predicted octanol–water partition coefficient (Wildman–Crippen LogP) is 1.19. The van der Waals surface area contributed by atoms with E-state index < -0.39 is 66.0 Å². The molecule has 1 aromatic rings. The molecule has 4 atom stereocenters. The van der Waals surface area contributed by atoms with Gasteiger partial charge >= 0.3 is 12.1 Å². The summed E-state index contributed by atoms with van der Waals surface area (Å²) < 4.78 is 5.35. The lowest BCUT2D eigenvalue weighted by Crippen LogP contribution is -2.56. The summed E-state index contributed by atoms with van der Waals surface area (Å²) in [6, 6.07) is 5.49. The number of alkyl carbamates (subject to hydrolysis) is 1. The monoisotopic (exact) mass is 606 g/mol. The fraction of sp³-hybridized carbons (Fsp3) is 0.633. The van der Waals surface area contributed by atoms with Crippen LogP contribution in [0.4, 0.5) is 4.79 Å². The van der Waals surface area contributed by atoms with Gasteiger partial charge in [-0.2, -0.15) is 0 Å². The molecule has 0 aliphatic heterocycles. The van der Waals surface area contributed by atoms with Crippen molar-refractivity contribution in [2.75, 3.05) is 13.1 Å². The molecule has 0 aliphatic rings. The second kappa shape index (κ2) is 18.7. The van der Waals surface area contributed by atoms with E-state index in [0.717, 1.165) is 5.56 Å². The zero-order valence-electron chi connectivity index (χ0n) is 26.0. The summed E-state index contributed by atoms with van der Waals surface area (Å²) in [6.45, 7) is 9.80. The summed E-state index contributed by atoms with van der Waals surface area (Å²) >= 11 is 0. The first-order valence-electron chi connectivity index (χ1n) is 14.7. The third-order valence-electron chi connectivity index (χ3n) is 6.29. The van der Waals surface area contributed by atoms with E-state index in [4.69, 9.17) is 16.2 Å². The lowest BCUT2D eigenvalue weighted by Gasteiger charge is -2.28. The van der Waals surface area contributed by atoms with E-state index in [-0.39, 0.29) is 18.9 Å². The van der Waals surface area contributed by atoms with Crippen molar-refractivity contribution < 1.29 is 33.8 Å². The van der Waals surface area contributed by atoms with Crippen LogP contribution in [0.15, 0.2) is 30.3 Å². The number of carbonyl (C=O) groups is 5. The van der Waals surface area contributed by atoms with Crippen LogP contribution in [0.5, 0.6) is 0 Å². The number of benzene rings is 1. The topological polar surface area (TPSA) is 215 Å². The van der Waals surface area contributed by atoms with Gasteiger partial charge < -0.3 is 42.6 Å². The highest BCUT2D eigenvalue weighted by Crippen LogP contribution is 2.11. The molecule has 0 bridgehead atoms. The van der Waals surface area contributed by atoms with Crippen LogP contribution < -0.4 is 32.7 Å². The molecule has 0 heterocycles. The molecular weight excluding hydrogens is 556 g/mol. The Labute approximate surface area is 254 Å². The first-order chi connectivity index (χ1) is 20.1. The Hall–Kier alpha value is -3.71. The maximum Gasteiger partial charge on any atom is 0.408 e. The molecule has 242 valence electrons. The van der Waals surface area contributed by atoms with Crippen LogP contribution in [0.3, 0.4) is 0 Å². The van der Waals surface area contributed by atoms with Crippen molar-refractivity contribution in [2.45, 2.75) is 103 Å². The van der Waals surface area contributed by atoms with E-state index in [1.54, 1.807) is 20.8 Å². The van der Waals surface area contributed by atoms with Gasteiger partial charge in [0.2, 0.25) is 17.7 Å². The minimum Gasteiger partial charge on any atom is -0.480 e. The first-order valence-corrected chi connectivity index (χ1v) is 14.7. The highest BCUT2D eigenvalue weighted by Gasteiger charge is 2.29. The maximum absolute atomic E-state index is 13.4. The van der Waals surface area contributed by atoms with E-state index >= 15 is 0 Å². The van der Waals surface area contributed by atoms with Crippen LogP contribution in [-0.4, -0.2) is 77.7 Å². The number of nitrogens with one attached hydrogen (secondary N) is 4. The molecule has 1 aromatic carbocycles. The van der Waals surface area contributed by atoms with Crippen LogP contribution >= 0.6 is 0 Å². The molecule has 0 saturated heterocycles. The molecule has 43 heavy (non-hydrogen) atoms. The zero-order chi connectivity index (χ0) is 32.6. The van der Waals surface area contributed by atoms with Gasteiger partial charge in [0.05, 0.1) is 12.5 Å². The lowest BCUT2D eigenvalue weighted by molar-refractivity contribution is -0.143. The number of carbonyl (C=O) groups excluding carboxylic acids is 4. The van der Waals surface area contributed by atoms with Gasteiger partial charge in [0.25, 0.3) is 0 Å². The molecule has 1 unspecified atom stereocenters. The number of rotatable bonds is 19. The number of aliphatic carboxylic acids is 1. The maximum atomic E-state index is 13.4. The Morgan fingerprint density at radius 1 is 0.907 bits per heavy atom. The second-order valence-corrected chi connectivity index (χ2v) is 12.0. The highest BCUT2D eigenvalue weighted by molar-refractivity contribution is 5.90. The van der Waals surface area contributed by atoms with Crippen molar-refractivity contribution >= 4 is 29.8 Å². The standard InChI is InChI=1S/C30H50N6O7/c1-19(2)15-21(34-26(38)22(13-9-10-14-31)36-29(42)43-30(3,4)5)18-33-23(16-20-11-7-6-8-12-20)27(39)35-24(28(40)41)17-25(32)37/h6-8,11-12,19,21-24,33H,9-10,13-18,31H2,1-5H3,(H2,32,37)(H,34,38)(H,35,39)(H,36,42)(H,40,41)/t21?,22-,23-,24-/m0/s1. The second-order valence-electron chi connectivity index (χ2n) is 12.0. The Morgan fingerprint density at radius 3 is 2.07 bits per heavy atom. The number of amides is 4. The van der Waals surface area contributed by atoms with Crippen molar-refractivity contribution in [3.63, 3.8) is 0 Å². The number of primary amides is 1. The minimum atomic E-state index is -1.48. The third-order valence-corrected chi connectivity index (χ3v) is 6.29. The number of carboxylic acid groups (broad SMARTS) is 1. The number of hydrogen-bond acceptors (Lipinski definition) is 8. The first kappa shape index (κ1) is 37.3. The molecule has 13 nitrogen and oxygen atoms in total. The fourth-order valence-corrected chi connectivity index (χ4v) is 4.34. The van der Waals surface area contributed by atoms with Gasteiger partial charge in [-0.05, 0) is 70.9 Å². The number of nitrogens with two attached hydrogens (primary N) is 2. The molecule has 0 aromatic heterocycles. The lowest BCUT2D eigenvalue weighted by atomic mass is 10.0. The van der Waals surface area contributed by atoms with Gasteiger partial charge in [-0.15, -0.1) is 0 Å². The van der Waals surface area contributed by atoms with Crippen molar-refractivity contribution in [3.8, 4) is 0 Å². The minimum absolute atomic E-state index is 0.171. The molecule has 0 aliphatic carbocycles. The van der Waals surface area contributed by atoms with Gasteiger partial charge in [0.1, 0.15) is 17.7 Å². The zero-order valence-corrected chi connectivity index (χ0v) is 26.0.